The van der Waals surface area contributed by atoms with Gasteiger partial charge in [-0.15, -0.1) is 13.2 Å². The fraction of sp³-hybridized carbons (Fsp3) is 0.600. The highest BCUT2D eigenvalue weighted by Gasteiger charge is 2.22. The third-order valence-corrected chi connectivity index (χ3v) is 6.18. The number of nitrogens with one attached hydrogen (secondary N) is 2. The van der Waals surface area contributed by atoms with Crippen LogP contribution < -0.4 is 15.5 Å². The van der Waals surface area contributed by atoms with Gasteiger partial charge >= 0.3 is 0 Å². The Hall–Kier alpha value is -1.90. The Morgan fingerprint density at radius 2 is 1.75 bits per heavy atom. The van der Waals surface area contributed by atoms with Crippen LogP contribution in [0.1, 0.15) is 63.5 Å². The summed E-state index contributed by atoms with van der Waals surface area (Å²) in [5, 5.41) is 7.03. The van der Waals surface area contributed by atoms with E-state index in [0.29, 0.717) is 6.04 Å². The lowest BCUT2D eigenvalue weighted by atomic mass is 9.84. The van der Waals surface area contributed by atoms with E-state index in [1.165, 1.54) is 60.3 Å². The average Bonchev–Trinajstić information content (AvgIpc) is 2.73. The standard InChI is InChI=1S/C23H39N3.C2H4/c1-7-18(4)25-21-12-10-20(11-13-21)15-16-26(8-2)22-14-9-17(3)19(5)23(22)24-6;1-2/h9,14,20-21,24-25H,4,7-8,10-13,15-16H2,1-3,5-6H3;1-2H2. The molecule has 1 aromatic rings. The maximum absolute atomic E-state index is 4.10. The molecule has 1 saturated carbocycles. The van der Waals surface area contributed by atoms with Crippen LogP contribution >= 0.6 is 0 Å². The van der Waals surface area contributed by atoms with Gasteiger partial charge in [-0.2, -0.15) is 0 Å². The summed E-state index contributed by atoms with van der Waals surface area (Å²) >= 11 is 0. The molecule has 0 aliphatic heterocycles. The Morgan fingerprint density at radius 1 is 1.11 bits per heavy atom. The minimum absolute atomic E-state index is 0.650. The lowest BCUT2D eigenvalue weighted by Gasteiger charge is -2.33. The van der Waals surface area contributed by atoms with Crippen molar-refractivity contribution in [2.75, 3.05) is 30.4 Å². The highest BCUT2D eigenvalue weighted by molar-refractivity contribution is 5.74. The third kappa shape index (κ3) is 6.61. The Labute approximate surface area is 174 Å². The van der Waals surface area contributed by atoms with Gasteiger partial charge in [0.1, 0.15) is 0 Å². The topological polar surface area (TPSA) is 27.3 Å². The van der Waals surface area contributed by atoms with Gasteiger partial charge in [0, 0.05) is 31.9 Å². The van der Waals surface area contributed by atoms with E-state index in [9.17, 15) is 0 Å². The molecule has 0 spiro atoms. The predicted molar refractivity (Wildman–Crippen MR) is 128 cm³/mol. The van der Waals surface area contributed by atoms with Gasteiger partial charge in [0.15, 0.2) is 0 Å². The molecular formula is C25H43N3. The summed E-state index contributed by atoms with van der Waals surface area (Å²) in [5.41, 5.74) is 6.56. The van der Waals surface area contributed by atoms with E-state index in [-0.39, 0.29) is 0 Å². The van der Waals surface area contributed by atoms with E-state index in [0.717, 1.165) is 25.4 Å². The Bertz CT molecular complexity index is 600. The summed E-state index contributed by atoms with van der Waals surface area (Å²) < 4.78 is 0. The summed E-state index contributed by atoms with van der Waals surface area (Å²) in [6.45, 7) is 21.2. The Morgan fingerprint density at radius 3 is 2.29 bits per heavy atom. The Kier molecular flexibility index (Phi) is 10.8. The van der Waals surface area contributed by atoms with Crippen LogP contribution in [0.5, 0.6) is 0 Å². The number of hydrogen-bond donors (Lipinski definition) is 2. The number of allylic oxidation sites excluding steroid dienone is 1. The number of hydrogen-bond acceptors (Lipinski definition) is 3. The first-order valence-corrected chi connectivity index (χ1v) is 11.0. The molecule has 2 N–H and O–H groups in total. The van der Waals surface area contributed by atoms with Crippen LogP contribution in [0.3, 0.4) is 0 Å². The van der Waals surface area contributed by atoms with Crippen molar-refractivity contribution in [3.8, 4) is 0 Å². The van der Waals surface area contributed by atoms with E-state index in [1.807, 2.05) is 7.05 Å². The highest BCUT2D eigenvalue weighted by atomic mass is 15.1. The fourth-order valence-corrected chi connectivity index (χ4v) is 4.15. The second-order valence-corrected chi connectivity index (χ2v) is 7.84. The van der Waals surface area contributed by atoms with Crippen molar-refractivity contribution in [1.29, 1.82) is 0 Å². The molecule has 28 heavy (non-hydrogen) atoms. The van der Waals surface area contributed by atoms with Crippen LogP contribution in [0, 0.1) is 19.8 Å². The van der Waals surface area contributed by atoms with Gasteiger partial charge in [0.25, 0.3) is 0 Å². The molecule has 1 fully saturated rings. The van der Waals surface area contributed by atoms with Crippen LogP contribution in [0.2, 0.25) is 0 Å². The van der Waals surface area contributed by atoms with Crippen molar-refractivity contribution in [3.05, 3.63) is 48.7 Å². The molecule has 0 aromatic heterocycles. The summed E-state index contributed by atoms with van der Waals surface area (Å²) in [4.78, 5) is 2.54. The van der Waals surface area contributed by atoms with Crippen molar-refractivity contribution in [1.82, 2.24) is 5.32 Å². The van der Waals surface area contributed by atoms with Gasteiger partial charge in [0.2, 0.25) is 0 Å². The molecular weight excluding hydrogens is 342 g/mol. The van der Waals surface area contributed by atoms with Crippen LogP contribution in [-0.2, 0) is 0 Å². The maximum atomic E-state index is 4.10. The van der Waals surface area contributed by atoms with Crippen LogP contribution in [0.15, 0.2) is 37.6 Å². The molecule has 1 aliphatic carbocycles. The molecule has 0 atom stereocenters. The Balaban J connectivity index is 0.00000190. The quantitative estimate of drug-likeness (QED) is 0.479. The smallest absolute Gasteiger partial charge is 0.0607 e. The van der Waals surface area contributed by atoms with Gasteiger partial charge in [-0.1, -0.05) is 19.6 Å². The molecule has 1 aromatic carbocycles. The molecule has 3 heteroatoms. The number of nitrogens with zero attached hydrogens (tertiary/aromatic N) is 1. The second kappa shape index (κ2) is 12.5. The van der Waals surface area contributed by atoms with Crippen molar-refractivity contribution < 1.29 is 0 Å². The summed E-state index contributed by atoms with van der Waals surface area (Å²) in [6, 6.07) is 5.19. The van der Waals surface area contributed by atoms with E-state index >= 15 is 0 Å². The lowest BCUT2D eigenvalue weighted by molar-refractivity contribution is 0.290. The number of aryl methyl sites for hydroxylation is 1. The first-order chi connectivity index (χ1) is 13.5. The highest BCUT2D eigenvalue weighted by Crippen LogP contribution is 2.33. The van der Waals surface area contributed by atoms with E-state index in [4.69, 9.17) is 0 Å². The zero-order chi connectivity index (χ0) is 21.1. The zero-order valence-corrected chi connectivity index (χ0v) is 19.0. The molecule has 0 unspecified atom stereocenters. The van der Waals surface area contributed by atoms with Crippen molar-refractivity contribution in [3.63, 3.8) is 0 Å². The van der Waals surface area contributed by atoms with Gasteiger partial charge in [0.05, 0.1) is 11.4 Å². The molecule has 0 saturated heterocycles. The normalized spacial score (nSPS) is 18.6. The van der Waals surface area contributed by atoms with Gasteiger partial charge < -0.3 is 15.5 Å². The van der Waals surface area contributed by atoms with Crippen molar-refractivity contribution in [2.45, 2.75) is 72.3 Å². The first kappa shape index (κ1) is 24.1. The molecule has 0 bridgehead atoms. The molecule has 3 nitrogen and oxygen atoms in total. The molecule has 1 aliphatic rings. The van der Waals surface area contributed by atoms with E-state index < -0.39 is 0 Å². The predicted octanol–water partition coefficient (Wildman–Crippen LogP) is 6.44. The van der Waals surface area contributed by atoms with E-state index in [2.05, 4.69) is 75.1 Å². The average molecular weight is 386 g/mol. The largest absolute Gasteiger partial charge is 0.386 e. The molecule has 2 rings (SSSR count). The minimum atomic E-state index is 0.650. The molecule has 0 radical (unpaired) electrons. The van der Waals surface area contributed by atoms with Gasteiger partial charge in [-0.05, 0) is 82.4 Å². The fourth-order valence-electron chi connectivity index (χ4n) is 4.15. The molecule has 158 valence electrons. The van der Waals surface area contributed by atoms with Crippen LogP contribution in [0.25, 0.3) is 0 Å². The van der Waals surface area contributed by atoms with Crippen molar-refractivity contribution >= 4 is 11.4 Å². The monoisotopic (exact) mass is 385 g/mol. The maximum Gasteiger partial charge on any atom is 0.0607 e. The second-order valence-electron chi connectivity index (χ2n) is 7.84. The van der Waals surface area contributed by atoms with E-state index in [1.54, 1.807) is 0 Å². The molecule has 0 amide bonds. The van der Waals surface area contributed by atoms with Crippen LogP contribution in [-0.4, -0.2) is 26.2 Å². The summed E-state index contributed by atoms with van der Waals surface area (Å²) in [5.74, 6) is 0.863. The number of rotatable bonds is 9. The first-order valence-electron chi connectivity index (χ1n) is 11.0. The minimum Gasteiger partial charge on any atom is -0.386 e. The number of anilines is 2. The SMILES string of the molecule is C=C.C=C(CC)NC1CCC(CCN(CC)c2ccc(C)c(C)c2NC)CC1. The number of benzene rings is 1. The summed E-state index contributed by atoms with van der Waals surface area (Å²) in [6.07, 6.45) is 7.61. The third-order valence-electron chi connectivity index (χ3n) is 6.18. The van der Waals surface area contributed by atoms with Crippen molar-refractivity contribution in [2.24, 2.45) is 5.92 Å². The summed E-state index contributed by atoms with van der Waals surface area (Å²) in [7, 11) is 2.04. The van der Waals surface area contributed by atoms with Crippen LogP contribution in [0.4, 0.5) is 11.4 Å². The zero-order valence-electron chi connectivity index (χ0n) is 19.0. The lowest BCUT2D eigenvalue weighted by Crippen LogP contribution is -2.33. The van der Waals surface area contributed by atoms with Gasteiger partial charge in [-0.3, -0.25) is 0 Å². The van der Waals surface area contributed by atoms with Gasteiger partial charge in [-0.25, -0.2) is 0 Å². The molecule has 0 heterocycles.